The molecule has 0 spiro atoms. The fourth-order valence-corrected chi connectivity index (χ4v) is 1.84. The highest BCUT2D eigenvalue weighted by Gasteiger charge is 2.13. The third kappa shape index (κ3) is 4.78. The molecule has 0 saturated carbocycles. The van der Waals surface area contributed by atoms with E-state index in [1.165, 1.54) is 0 Å². The Morgan fingerprint density at radius 3 is 3.00 bits per heavy atom. The molecule has 0 atom stereocenters. The van der Waals surface area contributed by atoms with Gasteiger partial charge in [0.1, 0.15) is 0 Å². The van der Waals surface area contributed by atoms with E-state index < -0.39 is 0 Å². The molecule has 0 aliphatic heterocycles. The van der Waals surface area contributed by atoms with Crippen LogP contribution in [-0.4, -0.2) is 40.8 Å². The maximum atomic E-state index is 11.9. The molecule has 0 aromatic carbocycles. The fraction of sp³-hybridized carbons (Fsp3) is 0.667. The number of nitrogens with one attached hydrogen (secondary N) is 1. The van der Waals surface area contributed by atoms with Crippen LogP contribution in [0.5, 0.6) is 0 Å². The van der Waals surface area contributed by atoms with E-state index in [2.05, 4.69) is 26.3 Å². The van der Waals surface area contributed by atoms with E-state index in [9.17, 15) is 4.79 Å². The molecule has 0 radical (unpaired) electrons. The predicted octanol–water partition coefficient (Wildman–Crippen LogP) is 1.51. The molecule has 1 rings (SSSR count). The summed E-state index contributed by atoms with van der Waals surface area (Å²) in [4.78, 5) is 11.9. The number of halogens is 1. The largest absolute Gasteiger partial charge is 0.381 e. The van der Waals surface area contributed by atoms with E-state index in [1.807, 2.05) is 14.0 Å². The first-order valence-corrected chi connectivity index (χ1v) is 7.25. The molecule has 18 heavy (non-hydrogen) atoms. The summed E-state index contributed by atoms with van der Waals surface area (Å²) in [6.07, 6.45) is 3.34. The zero-order chi connectivity index (χ0) is 13.4. The number of amides is 1. The molecule has 0 bridgehead atoms. The van der Waals surface area contributed by atoms with Gasteiger partial charge >= 0.3 is 0 Å². The van der Waals surface area contributed by atoms with Crippen molar-refractivity contribution in [1.29, 1.82) is 0 Å². The lowest BCUT2D eigenvalue weighted by atomic mass is 10.2. The van der Waals surface area contributed by atoms with Gasteiger partial charge in [0.25, 0.3) is 5.91 Å². The summed E-state index contributed by atoms with van der Waals surface area (Å²) in [6, 6.07) is 0. The third-order valence-corrected chi connectivity index (χ3v) is 2.78. The van der Waals surface area contributed by atoms with E-state index in [1.54, 1.807) is 10.9 Å². The minimum absolute atomic E-state index is 0.0551. The molecule has 1 aromatic rings. The van der Waals surface area contributed by atoms with Crippen molar-refractivity contribution in [2.75, 3.05) is 25.1 Å². The molecule has 5 nitrogen and oxygen atoms in total. The van der Waals surface area contributed by atoms with Crippen molar-refractivity contribution in [2.45, 2.75) is 19.8 Å². The SMILES string of the molecule is CCc1nn(C)cc1C(=O)NCCCOCCBr. The van der Waals surface area contributed by atoms with Crippen molar-refractivity contribution < 1.29 is 9.53 Å². The van der Waals surface area contributed by atoms with Gasteiger partial charge in [-0.2, -0.15) is 5.10 Å². The Morgan fingerprint density at radius 1 is 1.56 bits per heavy atom. The molecule has 1 heterocycles. The zero-order valence-corrected chi connectivity index (χ0v) is 12.5. The predicted molar refractivity (Wildman–Crippen MR) is 74.1 cm³/mol. The van der Waals surface area contributed by atoms with Crippen LogP contribution >= 0.6 is 15.9 Å². The Labute approximate surface area is 116 Å². The van der Waals surface area contributed by atoms with Gasteiger partial charge in [0, 0.05) is 31.7 Å². The second-order valence-corrected chi connectivity index (χ2v) is 4.72. The summed E-state index contributed by atoms with van der Waals surface area (Å²) in [5, 5.41) is 7.97. The molecule has 6 heteroatoms. The van der Waals surface area contributed by atoms with Crippen LogP contribution in [0.15, 0.2) is 6.20 Å². The van der Waals surface area contributed by atoms with Gasteiger partial charge in [-0.25, -0.2) is 0 Å². The van der Waals surface area contributed by atoms with Crippen LogP contribution in [-0.2, 0) is 18.2 Å². The van der Waals surface area contributed by atoms with Gasteiger partial charge in [0.2, 0.25) is 0 Å². The first-order valence-electron chi connectivity index (χ1n) is 6.13. The number of hydrogen-bond donors (Lipinski definition) is 1. The van der Waals surface area contributed by atoms with Gasteiger partial charge in [-0.3, -0.25) is 9.48 Å². The van der Waals surface area contributed by atoms with Crippen LogP contribution < -0.4 is 5.32 Å². The number of alkyl halides is 1. The number of aryl methyl sites for hydroxylation is 2. The summed E-state index contributed by atoms with van der Waals surface area (Å²) in [5.74, 6) is -0.0551. The number of carbonyl (C=O) groups excluding carboxylic acids is 1. The van der Waals surface area contributed by atoms with Crippen LogP contribution in [0.3, 0.4) is 0 Å². The Bertz CT molecular complexity index is 379. The van der Waals surface area contributed by atoms with Crippen molar-refractivity contribution in [3.8, 4) is 0 Å². The molecule has 0 saturated heterocycles. The molecule has 102 valence electrons. The molecule has 1 amide bonds. The van der Waals surface area contributed by atoms with Crippen LogP contribution in [0.2, 0.25) is 0 Å². The van der Waals surface area contributed by atoms with Crippen molar-refractivity contribution in [3.05, 3.63) is 17.5 Å². The number of rotatable bonds is 8. The molecular weight excluding hydrogens is 298 g/mol. The Morgan fingerprint density at radius 2 is 2.33 bits per heavy atom. The average Bonchev–Trinajstić information content (AvgIpc) is 2.74. The first kappa shape index (κ1) is 15.2. The lowest BCUT2D eigenvalue weighted by Gasteiger charge is -2.05. The molecule has 0 aliphatic carbocycles. The molecule has 0 unspecified atom stereocenters. The molecule has 0 aliphatic rings. The van der Waals surface area contributed by atoms with Gasteiger partial charge < -0.3 is 10.1 Å². The molecular formula is C12H20BrN3O2. The monoisotopic (exact) mass is 317 g/mol. The summed E-state index contributed by atoms with van der Waals surface area (Å²) < 4.78 is 6.98. The van der Waals surface area contributed by atoms with E-state index in [-0.39, 0.29) is 5.91 Å². The van der Waals surface area contributed by atoms with Gasteiger partial charge in [-0.05, 0) is 12.8 Å². The molecule has 0 fully saturated rings. The minimum atomic E-state index is -0.0551. The van der Waals surface area contributed by atoms with Gasteiger partial charge in [-0.1, -0.05) is 22.9 Å². The maximum absolute atomic E-state index is 11.9. The minimum Gasteiger partial charge on any atom is -0.381 e. The standard InChI is InChI=1S/C12H20BrN3O2/c1-3-11-10(9-16(2)15-11)12(17)14-6-4-7-18-8-5-13/h9H,3-8H2,1-2H3,(H,14,17). The van der Waals surface area contributed by atoms with Crippen molar-refractivity contribution in [3.63, 3.8) is 0 Å². The van der Waals surface area contributed by atoms with Crippen molar-refractivity contribution in [1.82, 2.24) is 15.1 Å². The zero-order valence-electron chi connectivity index (χ0n) is 10.9. The van der Waals surface area contributed by atoms with Crippen LogP contribution in [0.4, 0.5) is 0 Å². The fourth-order valence-electron chi connectivity index (χ4n) is 1.61. The summed E-state index contributed by atoms with van der Waals surface area (Å²) in [5.41, 5.74) is 1.51. The third-order valence-electron chi connectivity index (χ3n) is 2.46. The number of ether oxygens (including phenoxy) is 1. The number of aromatic nitrogens is 2. The van der Waals surface area contributed by atoms with Crippen molar-refractivity contribution in [2.24, 2.45) is 7.05 Å². The number of hydrogen-bond acceptors (Lipinski definition) is 3. The first-order chi connectivity index (χ1) is 8.69. The number of nitrogens with zero attached hydrogens (tertiary/aromatic N) is 2. The Balaban J connectivity index is 2.32. The summed E-state index contributed by atoms with van der Waals surface area (Å²) >= 11 is 3.29. The summed E-state index contributed by atoms with van der Waals surface area (Å²) in [6.45, 7) is 3.99. The number of carbonyl (C=O) groups is 1. The van der Waals surface area contributed by atoms with Crippen LogP contribution in [0.25, 0.3) is 0 Å². The van der Waals surface area contributed by atoms with E-state index in [0.29, 0.717) is 25.3 Å². The lowest BCUT2D eigenvalue weighted by Crippen LogP contribution is -2.25. The topological polar surface area (TPSA) is 56.2 Å². The Hall–Kier alpha value is -0.880. The van der Waals surface area contributed by atoms with Gasteiger partial charge in [-0.15, -0.1) is 0 Å². The smallest absolute Gasteiger partial charge is 0.254 e. The van der Waals surface area contributed by atoms with Gasteiger partial charge in [0.05, 0.1) is 17.9 Å². The van der Waals surface area contributed by atoms with E-state index in [4.69, 9.17) is 4.74 Å². The lowest BCUT2D eigenvalue weighted by molar-refractivity contribution is 0.0943. The van der Waals surface area contributed by atoms with Crippen LogP contribution in [0, 0.1) is 0 Å². The highest BCUT2D eigenvalue weighted by atomic mass is 79.9. The highest BCUT2D eigenvalue weighted by Crippen LogP contribution is 2.06. The maximum Gasteiger partial charge on any atom is 0.254 e. The van der Waals surface area contributed by atoms with Crippen LogP contribution in [0.1, 0.15) is 29.4 Å². The molecule has 1 aromatic heterocycles. The second kappa shape index (κ2) is 8.26. The summed E-state index contributed by atoms with van der Waals surface area (Å²) in [7, 11) is 1.82. The normalized spacial score (nSPS) is 10.6. The highest BCUT2D eigenvalue weighted by molar-refractivity contribution is 9.09. The van der Waals surface area contributed by atoms with E-state index >= 15 is 0 Å². The van der Waals surface area contributed by atoms with E-state index in [0.717, 1.165) is 23.9 Å². The molecule has 1 N–H and O–H groups in total. The average molecular weight is 318 g/mol. The second-order valence-electron chi connectivity index (χ2n) is 3.93. The Kier molecular flexibility index (Phi) is 6.97. The quantitative estimate of drug-likeness (QED) is 0.584. The van der Waals surface area contributed by atoms with Gasteiger partial charge in [0.15, 0.2) is 0 Å². The van der Waals surface area contributed by atoms with Crippen molar-refractivity contribution >= 4 is 21.8 Å².